The van der Waals surface area contributed by atoms with Gasteiger partial charge in [0.1, 0.15) is 18.1 Å². The van der Waals surface area contributed by atoms with E-state index in [1.807, 2.05) is 37.3 Å². The van der Waals surface area contributed by atoms with Crippen LogP contribution in [0.4, 0.5) is 0 Å². The number of Topliss-reactive ketones (excluding diaryl/α,β-unsaturated/α-hetero) is 1. The maximum atomic E-state index is 12.5. The van der Waals surface area contributed by atoms with E-state index in [0.29, 0.717) is 18.1 Å². The second kappa shape index (κ2) is 6.31. The minimum Gasteiger partial charge on any atom is -0.493 e. The predicted octanol–water partition coefficient (Wildman–Crippen LogP) is 3.08. The van der Waals surface area contributed by atoms with Gasteiger partial charge in [-0.15, -0.1) is 0 Å². The zero-order valence-corrected chi connectivity index (χ0v) is 12.2. The normalized spacial score (nSPS) is 28.3. The Balaban J connectivity index is 1.68. The lowest BCUT2D eigenvalue weighted by Crippen LogP contribution is -2.42. The average Bonchev–Trinajstić information content (AvgIpc) is 2.52. The van der Waals surface area contributed by atoms with Gasteiger partial charge in [-0.25, -0.2) is 0 Å². The highest BCUT2D eigenvalue weighted by molar-refractivity contribution is 5.96. The number of hydrogen-bond donors (Lipinski definition) is 0. The van der Waals surface area contributed by atoms with Gasteiger partial charge in [-0.2, -0.15) is 0 Å². The summed E-state index contributed by atoms with van der Waals surface area (Å²) in [6.45, 7) is 2.69. The van der Waals surface area contributed by atoms with E-state index in [1.54, 1.807) is 0 Å². The second-order valence-corrected chi connectivity index (χ2v) is 5.43. The Morgan fingerprint density at radius 3 is 2.81 bits per heavy atom. The molecular formula is C17H20O4. The van der Waals surface area contributed by atoms with Gasteiger partial charge in [0.05, 0.1) is 12.0 Å². The Hall–Kier alpha value is -1.81. The second-order valence-electron chi connectivity index (χ2n) is 5.43. The summed E-state index contributed by atoms with van der Waals surface area (Å²) >= 11 is 0. The lowest BCUT2D eigenvalue weighted by Gasteiger charge is -2.36. The topological polar surface area (TPSA) is 44.8 Å². The standard InChI is InChI=1S/C17H20O4/c1-2-19-13-8-9-14-15(10-13)20-11-16(17(14)18)21-12-6-4-3-5-7-12/h3-7,11,13-15H,2,8-10H2,1H3. The molecule has 0 N–H and O–H groups in total. The first kappa shape index (κ1) is 14.1. The highest BCUT2D eigenvalue weighted by Gasteiger charge is 2.41. The van der Waals surface area contributed by atoms with Crippen LogP contribution in [0.25, 0.3) is 0 Å². The SMILES string of the molecule is CCOC1CCC2C(=O)C(Oc3ccccc3)=COC2C1. The fourth-order valence-corrected chi connectivity index (χ4v) is 3.01. The fourth-order valence-electron chi connectivity index (χ4n) is 3.01. The Morgan fingerprint density at radius 1 is 1.24 bits per heavy atom. The van der Waals surface area contributed by atoms with E-state index in [4.69, 9.17) is 14.2 Å². The van der Waals surface area contributed by atoms with E-state index in [2.05, 4.69) is 0 Å². The van der Waals surface area contributed by atoms with Crippen LogP contribution in [0.2, 0.25) is 0 Å². The molecule has 1 aliphatic heterocycles. The molecule has 0 amide bonds. The summed E-state index contributed by atoms with van der Waals surface area (Å²) in [5, 5.41) is 0. The first-order chi connectivity index (χ1) is 10.3. The number of carbonyl (C=O) groups excluding carboxylic acids is 1. The Kier molecular flexibility index (Phi) is 4.25. The molecule has 4 heteroatoms. The van der Waals surface area contributed by atoms with Crippen LogP contribution in [0.3, 0.4) is 0 Å². The number of fused-ring (bicyclic) bond motifs is 1. The molecule has 1 aromatic carbocycles. The van der Waals surface area contributed by atoms with Crippen LogP contribution in [-0.4, -0.2) is 24.6 Å². The van der Waals surface area contributed by atoms with Gasteiger partial charge in [-0.3, -0.25) is 4.79 Å². The van der Waals surface area contributed by atoms with Gasteiger partial charge >= 0.3 is 0 Å². The molecule has 3 atom stereocenters. The van der Waals surface area contributed by atoms with Crippen molar-refractivity contribution < 1.29 is 19.0 Å². The summed E-state index contributed by atoms with van der Waals surface area (Å²) in [6.07, 6.45) is 4.07. The van der Waals surface area contributed by atoms with Crippen LogP contribution >= 0.6 is 0 Å². The summed E-state index contributed by atoms with van der Waals surface area (Å²) in [5.74, 6) is 0.898. The van der Waals surface area contributed by atoms with Gasteiger partial charge in [0.2, 0.25) is 11.5 Å². The number of benzene rings is 1. The smallest absolute Gasteiger partial charge is 0.207 e. The summed E-state index contributed by atoms with van der Waals surface area (Å²) in [7, 11) is 0. The Labute approximate surface area is 124 Å². The van der Waals surface area contributed by atoms with E-state index < -0.39 is 0 Å². The van der Waals surface area contributed by atoms with Crippen molar-refractivity contribution in [2.24, 2.45) is 5.92 Å². The summed E-state index contributed by atoms with van der Waals surface area (Å²) in [6, 6.07) is 9.31. The first-order valence-electron chi connectivity index (χ1n) is 7.52. The lowest BCUT2D eigenvalue weighted by atomic mass is 9.80. The average molecular weight is 288 g/mol. The van der Waals surface area contributed by atoms with Crippen molar-refractivity contribution in [1.82, 2.24) is 0 Å². The van der Waals surface area contributed by atoms with E-state index in [1.165, 1.54) is 6.26 Å². The molecule has 0 bridgehead atoms. The zero-order chi connectivity index (χ0) is 14.7. The van der Waals surface area contributed by atoms with Crippen LogP contribution in [0.5, 0.6) is 5.75 Å². The van der Waals surface area contributed by atoms with Crippen molar-refractivity contribution in [2.75, 3.05) is 6.61 Å². The Bertz CT molecular complexity index is 523. The molecule has 1 heterocycles. The molecule has 4 nitrogen and oxygen atoms in total. The van der Waals surface area contributed by atoms with Gasteiger partial charge in [0, 0.05) is 13.0 Å². The van der Waals surface area contributed by atoms with Crippen LogP contribution < -0.4 is 4.74 Å². The molecule has 1 fully saturated rings. The van der Waals surface area contributed by atoms with Gasteiger partial charge in [0.25, 0.3) is 0 Å². The van der Waals surface area contributed by atoms with E-state index in [0.717, 1.165) is 19.3 Å². The van der Waals surface area contributed by atoms with Crippen LogP contribution in [0.15, 0.2) is 42.4 Å². The molecule has 1 saturated carbocycles. The molecule has 21 heavy (non-hydrogen) atoms. The molecule has 2 aliphatic rings. The van der Waals surface area contributed by atoms with Crippen LogP contribution in [0, 0.1) is 5.92 Å². The lowest BCUT2D eigenvalue weighted by molar-refractivity contribution is -0.133. The number of ketones is 1. The van der Waals surface area contributed by atoms with Crippen molar-refractivity contribution in [2.45, 2.75) is 38.4 Å². The predicted molar refractivity (Wildman–Crippen MR) is 77.8 cm³/mol. The maximum Gasteiger partial charge on any atom is 0.207 e. The van der Waals surface area contributed by atoms with Crippen LogP contribution in [-0.2, 0) is 14.3 Å². The molecule has 3 unspecified atom stereocenters. The quantitative estimate of drug-likeness (QED) is 0.854. The van der Waals surface area contributed by atoms with Crippen molar-refractivity contribution >= 4 is 5.78 Å². The van der Waals surface area contributed by atoms with Crippen molar-refractivity contribution in [3.8, 4) is 5.75 Å². The number of rotatable bonds is 4. The molecule has 1 aromatic rings. The molecule has 0 saturated heterocycles. The first-order valence-corrected chi connectivity index (χ1v) is 7.52. The van der Waals surface area contributed by atoms with Gasteiger partial charge in [0.15, 0.2) is 0 Å². The van der Waals surface area contributed by atoms with Gasteiger partial charge in [-0.1, -0.05) is 18.2 Å². The van der Waals surface area contributed by atoms with Crippen LogP contribution in [0.1, 0.15) is 26.2 Å². The van der Waals surface area contributed by atoms with Crippen molar-refractivity contribution in [3.63, 3.8) is 0 Å². The number of hydrogen-bond acceptors (Lipinski definition) is 4. The number of carbonyl (C=O) groups is 1. The molecular weight excluding hydrogens is 268 g/mol. The monoisotopic (exact) mass is 288 g/mol. The molecule has 0 aromatic heterocycles. The summed E-state index contributed by atoms with van der Waals surface area (Å²) in [5.41, 5.74) is 0. The van der Waals surface area contributed by atoms with Gasteiger partial charge in [-0.05, 0) is 31.9 Å². The third-order valence-electron chi connectivity index (χ3n) is 4.05. The minimum atomic E-state index is -0.106. The van der Waals surface area contributed by atoms with Crippen molar-refractivity contribution in [3.05, 3.63) is 42.4 Å². The molecule has 0 spiro atoms. The third-order valence-corrected chi connectivity index (χ3v) is 4.05. The third kappa shape index (κ3) is 3.10. The molecule has 3 rings (SSSR count). The van der Waals surface area contributed by atoms with Crippen molar-refractivity contribution in [1.29, 1.82) is 0 Å². The summed E-state index contributed by atoms with van der Waals surface area (Å²) < 4.78 is 17.0. The Morgan fingerprint density at radius 2 is 2.05 bits per heavy atom. The summed E-state index contributed by atoms with van der Waals surface area (Å²) in [4.78, 5) is 12.5. The molecule has 112 valence electrons. The number of allylic oxidation sites excluding steroid dienone is 1. The minimum absolute atomic E-state index is 0.0463. The van der Waals surface area contributed by atoms with E-state index in [9.17, 15) is 4.79 Å². The molecule has 1 aliphatic carbocycles. The van der Waals surface area contributed by atoms with Gasteiger partial charge < -0.3 is 14.2 Å². The number of ether oxygens (including phenoxy) is 3. The maximum absolute atomic E-state index is 12.5. The van der Waals surface area contributed by atoms with E-state index in [-0.39, 0.29) is 23.9 Å². The number of para-hydroxylation sites is 1. The van der Waals surface area contributed by atoms with E-state index >= 15 is 0 Å². The highest BCUT2D eigenvalue weighted by Crippen LogP contribution is 2.34. The highest BCUT2D eigenvalue weighted by atomic mass is 16.5. The largest absolute Gasteiger partial charge is 0.493 e. The fraction of sp³-hybridized carbons (Fsp3) is 0.471. The molecule has 0 radical (unpaired) electrons. The zero-order valence-electron chi connectivity index (χ0n) is 12.2.